The smallest absolute Gasteiger partial charge is 0.335 e. The van der Waals surface area contributed by atoms with Crippen LogP contribution in [0, 0.1) is 0 Å². The molecule has 0 unspecified atom stereocenters. The summed E-state index contributed by atoms with van der Waals surface area (Å²) in [7, 11) is 2.98. The molecule has 1 aromatic carbocycles. The predicted octanol–water partition coefficient (Wildman–Crippen LogP) is 2.53. The first-order chi connectivity index (χ1) is 13.0. The Hall–Kier alpha value is -3.20. The van der Waals surface area contributed by atoms with E-state index in [1.165, 1.54) is 44.8 Å². The molecule has 0 radical (unpaired) electrons. The van der Waals surface area contributed by atoms with Gasteiger partial charge in [0.1, 0.15) is 5.57 Å². The van der Waals surface area contributed by atoms with Crippen molar-refractivity contribution in [2.24, 2.45) is 0 Å². The second-order valence-corrected chi connectivity index (χ2v) is 6.25. The van der Waals surface area contributed by atoms with Crippen molar-refractivity contribution in [1.29, 1.82) is 0 Å². The van der Waals surface area contributed by atoms with Gasteiger partial charge in [-0.2, -0.15) is 0 Å². The molecular formula is C18H14BrN3O5. The number of barbiturate groups is 1. The molecule has 3 rings (SSSR count). The van der Waals surface area contributed by atoms with Crippen molar-refractivity contribution in [1.82, 2.24) is 10.3 Å². The number of anilines is 1. The van der Waals surface area contributed by atoms with Gasteiger partial charge in [0.15, 0.2) is 11.5 Å². The highest BCUT2D eigenvalue weighted by Gasteiger charge is 2.36. The number of benzene rings is 1. The minimum Gasteiger partial charge on any atom is -0.493 e. The van der Waals surface area contributed by atoms with Gasteiger partial charge in [-0.05, 0) is 35.9 Å². The molecule has 0 spiro atoms. The number of hydrogen-bond acceptors (Lipinski definition) is 6. The average molecular weight is 432 g/mol. The van der Waals surface area contributed by atoms with Crippen LogP contribution in [0.4, 0.5) is 10.5 Å². The number of imide groups is 2. The average Bonchev–Trinajstić information content (AvgIpc) is 2.66. The van der Waals surface area contributed by atoms with E-state index in [-0.39, 0.29) is 5.57 Å². The van der Waals surface area contributed by atoms with Crippen LogP contribution in [-0.4, -0.2) is 37.0 Å². The lowest BCUT2D eigenvalue weighted by atomic mass is 10.1. The Bertz CT molecular complexity index is 959. The number of pyridine rings is 1. The molecule has 1 aliphatic heterocycles. The zero-order valence-electron chi connectivity index (χ0n) is 14.4. The second-order valence-electron chi connectivity index (χ2n) is 5.39. The van der Waals surface area contributed by atoms with Crippen molar-refractivity contribution >= 4 is 45.5 Å². The van der Waals surface area contributed by atoms with Crippen LogP contribution in [0.2, 0.25) is 0 Å². The Morgan fingerprint density at radius 2 is 1.70 bits per heavy atom. The fraction of sp³-hybridized carbons (Fsp3) is 0.111. The topological polar surface area (TPSA) is 97.8 Å². The molecular weight excluding hydrogens is 418 g/mol. The molecule has 1 N–H and O–H groups in total. The molecule has 8 nitrogen and oxygen atoms in total. The first kappa shape index (κ1) is 18.6. The summed E-state index contributed by atoms with van der Waals surface area (Å²) in [5.41, 5.74) is 0.617. The number of urea groups is 1. The Labute approximate surface area is 162 Å². The molecule has 1 saturated heterocycles. The number of carbonyl (C=O) groups excluding carboxylic acids is 3. The molecule has 0 saturated carbocycles. The maximum atomic E-state index is 12.8. The molecule has 138 valence electrons. The summed E-state index contributed by atoms with van der Waals surface area (Å²) in [5, 5.41) is 2.17. The molecule has 27 heavy (non-hydrogen) atoms. The number of nitrogens with zero attached hydrogens (tertiary/aromatic N) is 2. The Morgan fingerprint density at radius 1 is 1.07 bits per heavy atom. The van der Waals surface area contributed by atoms with E-state index >= 15 is 0 Å². The third-order valence-corrected chi connectivity index (χ3v) is 4.51. The molecule has 9 heteroatoms. The molecule has 0 aliphatic carbocycles. The van der Waals surface area contributed by atoms with E-state index in [1.807, 2.05) is 0 Å². The molecule has 2 heterocycles. The zero-order chi connectivity index (χ0) is 19.6. The van der Waals surface area contributed by atoms with Crippen molar-refractivity contribution in [3.8, 4) is 11.5 Å². The molecule has 1 aromatic heterocycles. The number of rotatable bonds is 4. The van der Waals surface area contributed by atoms with Crippen molar-refractivity contribution in [3.05, 3.63) is 52.3 Å². The molecule has 0 bridgehead atoms. The fourth-order valence-corrected chi connectivity index (χ4v) is 2.96. The second kappa shape index (κ2) is 7.58. The van der Waals surface area contributed by atoms with Gasteiger partial charge in [-0.25, -0.2) is 9.69 Å². The van der Waals surface area contributed by atoms with Crippen LogP contribution in [0.1, 0.15) is 5.56 Å². The maximum absolute atomic E-state index is 12.8. The third-order valence-electron chi connectivity index (χ3n) is 3.83. The first-order valence-electron chi connectivity index (χ1n) is 7.69. The Balaban J connectivity index is 2.06. The summed E-state index contributed by atoms with van der Waals surface area (Å²) in [6, 6.07) is 5.44. The number of methoxy groups -OCH3 is 2. The SMILES string of the molecule is COc1cc(Br)c(/C=C2\C(=O)NC(=O)N(c3ccncc3)C2=O)cc1OC. The number of amides is 4. The number of nitrogens with one attached hydrogen (secondary N) is 1. The van der Waals surface area contributed by atoms with Crippen molar-refractivity contribution < 1.29 is 23.9 Å². The summed E-state index contributed by atoms with van der Waals surface area (Å²) in [6.45, 7) is 0. The number of aromatic nitrogens is 1. The quantitative estimate of drug-likeness (QED) is 0.589. The van der Waals surface area contributed by atoms with Gasteiger partial charge >= 0.3 is 6.03 Å². The number of carbonyl (C=O) groups is 3. The lowest BCUT2D eigenvalue weighted by Crippen LogP contribution is -2.54. The van der Waals surface area contributed by atoms with E-state index in [0.717, 1.165) is 4.90 Å². The van der Waals surface area contributed by atoms with E-state index < -0.39 is 17.8 Å². The number of halogens is 1. The van der Waals surface area contributed by atoms with E-state index in [9.17, 15) is 14.4 Å². The van der Waals surface area contributed by atoms with Gasteiger partial charge in [-0.3, -0.25) is 19.9 Å². The molecule has 1 fully saturated rings. The first-order valence-corrected chi connectivity index (χ1v) is 8.48. The largest absolute Gasteiger partial charge is 0.493 e. The third kappa shape index (κ3) is 3.54. The minimum absolute atomic E-state index is 0.195. The maximum Gasteiger partial charge on any atom is 0.335 e. The lowest BCUT2D eigenvalue weighted by Gasteiger charge is -2.26. The molecule has 1 aliphatic rings. The van der Waals surface area contributed by atoms with Crippen LogP contribution >= 0.6 is 15.9 Å². The van der Waals surface area contributed by atoms with E-state index in [2.05, 4.69) is 26.2 Å². The molecule has 4 amide bonds. The summed E-state index contributed by atoms with van der Waals surface area (Å²) in [6.07, 6.45) is 4.27. The fourth-order valence-electron chi connectivity index (χ4n) is 2.52. The highest BCUT2D eigenvalue weighted by molar-refractivity contribution is 9.10. The molecule has 0 atom stereocenters. The van der Waals surface area contributed by atoms with E-state index in [1.54, 1.807) is 12.1 Å². The Morgan fingerprint density at radius 3 is 2.33 bits per heavy atom. The van der Waals surface area contributed by atoms with Crippen LogP contribution in [0.15, 0.2) is 46.7 Å². The van der Waals surface area contributed by atoms with Gasteiger partial charge in [0.25, 0.3) is 11.8 Å². The van der Waals surface area contributed by atoms with Gasteiger partial charge in [0.05, 0.1) is 19.9 Å². The number of ether oxygens (including phenoxy) is 2. The van der Waals surface area contributed by atoms with Gasteiger partial charge in [-0.15, -0.1) is 0 Å². The van der Waals surface area contributed by atoms with Gasteiger partial charge in [-0.1, -0.05) is 15.9 Å². The Kier molecular flexibility index (Phi) is 5.22. The van der Waals surface area contributed by atoms with Crippen LogP contribution in [0.25, 0.3) is 6.08 Å². The highest BCUT2D eigenvalue weighted by atomic mass is 79.9. The predicted molar refractivity (Wildman–Crippen MR) is 100 cm³/mol. The van der Waals surface area contributed by atoms with Crippen molar-refractivity contribution in [2.45, 2.75) is 0 Å². The van der Waals surface area contributed by atoms with E-state index in [4.69, 9.17) is 9.47 Å². The van der Waals surface area contributed by atoms with Crippen LogP contribution in [0.5, 0.6) is 11.5 Å². The standard InChI is InChI=1S/C18H14BrN3O5/c1-26-14-8-10(13(19)9-15(14)27-2)7-12-16(23)21-18(25)22(17(12)24)11-3-5-20-6-4-11/h3-9H,1-2H3,(H,21,23,25)/b12-7+. The summed E-state index contributed by atoms with van der Waals surface area (Å²) in [4.78, 5) is 42.0. The molecule has 2 aromatic rings. The van der Waals surface area contributed by atoms with Gasteiger partial charge < -0.3 is 9.47 Å². The van der Waals surface area contributed by atoms with Crippen LogP contribution in [0.3, 0.4) is 0 Å². The van der Waals surface area contributed by atoms with Crippen LogP contribution in [-0.2, 0) is 9.59 Å². The summed E-state index contributed by atoms with van der Waals surface area (Å²) < 4.78 is 11.0. The van der Waals surface area contributed by atoms with E-state index in [0.29, 0.717) is 27.2 Å². The number of hydrogen-bond donors (Lipinski definition) is 1. The normalized spacial score (nSPS) is 15.7. The minimum atomic E-state index is -0.820. The lowest BCUT2D eigenvalue weighted by molar-refractivity contribution is -0.122. The monoisotopic (exact) mass is 431 g/mol. The van der Waals surface area contributed by atoms with Crippen LogP contribution < -0.4 is 19.7 Å². The summed E-state index contributed by atoms with van der Waals surface area (Å²) >= 11 is 3.38. The van der Waals surface area contributed by atoms with Crippen molar-refractivity contribution in [3.63, 3.8) is 0 Å². The summed E-state index contributed by atoms with van der Waals surface area (Å²) in [5.74, 6) is -0.605. The zero-order valence-corrected chi connectivity index (χ0v) is 15.9. The van der Waals surface area contributed by atoms with Gasteiger partial charge in [0, 0.05) is 16.9 Å². The highest BCUT2D eigenvalue weighted by Crippen LogP contribution is 2.34. The van der Waals surface area contributed by atoms with Gasteiger partial charge in [0.2, 0.25) is 0 Å². The van der Waals surface area contributed by atoms with Crippen molar-refractivity contribution in [2.75, 3.05) is 19.1 Å².